The summed E-state index contributed by atoms with van der Waals surface area (Å²) >= 11 is 0. The zero-order chi connectivity index (χ0) is 24.2. The fraction of sp³-hybridized carbons (Fsp3) is 0.154. The number of nitrogens with zero attached hydrogens (tertiary/aromatic N) is 3. The van der Waals surface area contributed by atoms with Crippen molar-refractivity contribution in [2.75, 3.05) is 5.32 Å². The summed E-state index contributed by atoms with van der Waals surface area (Å²) in [6, 6.07) is 8.05. The molecule has 0 saturated carbocycles. The number of ether oxygens (including phenoxy) is 1. The third kappa shape index (κ3) is 4.69. The van der Waals surface area contributed by atoms with Crippen LogP contribution >= 0.6 is 0 Å². The maximum atomic E-state index is 15.0. The second-order valence-corrected chi connectivity index (χ2v) is 7.79. The van der Waals surface area contributed by atoms with Crippen molar-refractivity contribution in [3.63, 3.8) is 0 Å². The van der Waals surface area contributed by atoms with Gasteiger partial charge in [0.05, 0.1) is 6.57 Å². The topological polar surface area (TPSA) is 68.5 Å². The standard InChI is InChI=1S/C26H20F2N4O2/c1-4-5-18(33)12-16-6-8-17(9-7-16)32-25-24(29-3)26(31-14-30-25)34-22-13-21(27)19-10-15(2)11-20(19)23(22)28/h4-9,11,13-14H,10,12H2,1-2H3,(H,30,31,32)/b5-4+. The first-order valence-corrected chi connectivity index (χ1v) is 10.5. The van der Waals surface area contributed by atoms with E-state index in [1.165, 1.54) is 12.4 Å². The number of hydrogen-bond donors (Lipinski definition) is 1. The first-order chi connectivity index (χ1) is 16.4. The van der Waals surface area contributed by atoms with Gasteiger partial charge in [-0.2, -0.15) is 0 Å². The molecule has 0 atom stereocenters. The monoisotopic (exact) mass is 458 g/mol. The molecule has 0 fully saturated rings. The van der Waals surface area contributed by atoms with Crippen molar-refractivity contribution in [1.82, 2.24) is 9.97 Å². The summed E-state index contributed by atoms with van der Waals surface area (Å²) in [5.41, 5.74) is 2.65. The van der Waals surface area contributed by atoms with Gasteiger partial charge in [0.1, 0.15) is 18.0 Å². The van der Waals surface area contributed by atoms with Crippen molar-refractivity contribution in [1.29, 1.82) is 0 Å². The summed E-state index contributed by atoms with van der Waals surface area (Å²) in [5.74, 6) is -1.69. The number of carbonyl (C=O) groups is 1. The Labute approximate surface area is 195 Å². The summed E-state index contributed by atoms with van der Waals surface area (Å²) in [6.45, 7) is 11.1. The van der Waals surface area contributed by atoms with Crippen LogP contribution in [0.5, 0.6) is 11.6 Å². The molecule has 0 radical (unpaired) electrons. The molecule has 34 heavy (non-hydrogen) atoms. The van der Waals surface area contributed by atoms with Crippen molar-refractivity contribution in [2.45, 2.75) is 26.7 Å². The Morgan fingerprint density at radius 2 is 2.03 bits per heavy atom. The highest BCUT2D eigenvalue weighted by Gasteiger charge is 2.24. The molecule has 4 rings (SSSR count). The Balaban J connectivity index is 1.59. The zero-order valence-electron chi connectivity index (χ0n) is 18.5. The van der Waals surface area contributed by atoms with Gasteiger partial charge in [-0.05, 0) is 44.0 Å². The van der Waals surface area contributed by atoms with Gasteiger partial charge < -0.3 is 10.1 Å². The zero-order valence-corrected chi connectivity index (χ0v) is 18.5. The summed E-state index contributed by atoms with van der Waals surface area (Å²) in [6.07, 6.45) is 6.58. The van der Waals surface area contributed by atoms with Gasteiger partial charge in [0.15, 0.2) is 17.3 Å². The van der Waals surface area contributed by atoms with Gasteiger partial charge in [0.2, 0.25) is 5.88 Å². The fourth-order valence-corrected chi connectivity index (χ4v) is 3.66. The van der Waals surface area contributed by atoms with Crippen LogP contribution in [0.1, 0.15) is 30.5 Å². The van der Waals surface area contributed by atoms with Crippen molar-refractivity contribution in [3.05, 3.63) is 94.1 Å². The number of nitrogens with one attached hydrogen (secondary N) is 1. The lowest BCUT2D eigenvalue weighted by atomic mass is 10.1. The minimum Gasteiger partial charge on any atom is -0.446 e. The van der Waals surface area contributed by atoms with Crippen molar-refractivity contribution in [2.24, 2.45) is 0 Å². The predicted molar refractivity (Wildman–Crippen MR) is 125 cm³/mol. The Morgan fingerprint density at radius 1 is 1.26 bits per heavy atom. The number of rotatable bonds is 7. The Morgan fingerprint density at radius 3 is 2.74 bits per heavy atom. The molecule has 0 bridgehead atoms. The molecule has 1 N–H and O–H groups in total. The van der Waals surface area contributed by atoms with E-state index in [-0.39, 0.29) is 46.5 Å². The number of aromatic nitrogens is 2. The van der Waals surface area contributed by atoms with Gasteiger partial charge in [-0.25, -0.2) is 23.6 Å². The summed E-state index contributed by atoms with van der Waals surface area (Å²) in [7, 11) is 0. The molecule has 0 spiro atoms. The largest absolute Gasteiger partial charge is 0.446 e. The number of hydrogen-bond acceptors (Lipinski definition) is 5. The molecule has 0 amide bonds. The van der Waals surface area contributed by atoms with Gasteiger partial charge in [0, 0.05) is 29.3 Å². The summed E-state index contributed by atoms with van der Waals surface area (Å²) in [5, 5.41) is 3.01. The second kappa shape index (κ2) is 9.63. The lowest BCUT2D eigenvalue weighted by Crippen LogP contribution is -2.01. The van der Waals surface area contributed by atoms with Crippen LogP contribution in [0, 0.1) is 18.2 Å². The van der Waals surface area contributed by atoms with Crippen LogP contribution in [-0.4, -0.2) is 15.8 Å². The lowest BCUT2D eigenvalue weighted by Gasteiger charge is -2.13. The molecule has 6 nitrogen and oxygen atoms in total. The van der Waals surface area contributed by atoms with E-state index in [1.807, 2.05) is 0 Å². The molecule has 1 aliphatic rings. The number of benzene rings is 2. The molecule has 0 unspecified atom stereocenters. The molecule has 1 aliphatic carbocycles. The minimum atomic E-state index is -0.708. The Kier molecular flexibility index (Phi) is 6.46. The highest BCUT2D eigenvalue weighted by Crippen LogP contribution is 2.40. The normalized spacial score (nSPS) is 12.3. The highest BCUT2D eigenvalue weighted by molar-refractivity contribution is 5.91. The van der Waals surface area contributed by atoms with E-state index < -0.39 is 11.6 Å². The van der Waals surface area contributed by atoms with E-state index in [4.69, 9.17) is 11.3 Å². The lowest BCUT2D eigenvalue weighted by molar-refractivity contribution is -0.114. The molecule has 3 aromatic rings. The van der Waals surface area contributed by atoms with Crippen LogP contribution in [0.25, 0.3) is 10.9 Å². The van der Waals surface area contributed by atoms with Crippen molar-refractivity contribution < 1.29 is 18.3 Å². The van der Waals surface area contributed by atoms with E-state index in [9.17, 15) is 13.6 Å². The third-order valence-corrected chi connectivity index (χ3v) is 5.23. The van der Waals surface area contributed by atoms with Gasteiger partial charge in [0.25, 0.3) is 5.69 Å². The second-order valence-electron chi connectivity index (χ2n) is 7.79. The molecule has 0 saturated heterocycles. The van der Waals surface area contributed by atoms with Gasteiger partial charge in [-0.15, -0.1) is 0 Å². The van der Waals surface area contributed by atoms with Crippen LogP contribution in [0.4, 0.5) is 26.0 Å². The summed E-state index contributed by atoms with van der Waals surface area (Å²) in [4.78, 5) is 23.2. The summed E-state index contributed by atoms with van der Waals surface area (Å²) < 4.78 is 35.0. The van der Waals surface area contributed by atoms with E-state index in [1.54, 1.807) is 50.3 Å². The SMILES string of the molecule is [C-]#[N+]c1c(Nc2ccc(CC(=O)/C=C/C)cc2)ncnc1Oc1cc(F)c2c(c1F)C=C(C)C2. The first-order valence-electron chi connectivity index (χ1n) is 10.5. The average molecular weight is 458 g/mol. The maximum absolute atomic E-state index is 15.0. The van der Waals surface area contributed by atoms with Crippen LogP contribution in [0.3, 0.4) is 0 Å². The average Bonchev–Trinajstić information content (AvgIpc) is 3.21. The van der Waals surface area contributed by atoms with Crippen molar-refractivity contribution >= 4 is 29.1 Å². The molecule has 170 valence electrons. The Hall–Kier alpha value is -4.38. The number of anilines is 2. The first kappa shape index (κ1) is 22.8. The van der Waals surface area contributed by atoms with Crippen LogP contribution < -0.4 is 10.1 Å². The molecule has 2 aromatic carbocycles. The molecule has 8 heteroatoms. The number of ketones is 1. The third-order valence-electron chi connectivity index (χ3n) is 5.23. The fourth-order valence-electron chi connectivity index (χ4n) is 3.66. The number of fused-ring (bicyclic) bond motifs is 1. The van der Waals surface area contributed by atoms with E-state index in [0.29, 0.717) is 12.1 Å². The van der Waals surface area contributed by atoms with Gasteiger partial charge in [-0.3, -0.25) is 4.79 Å². The number of halogens is 2. The number of carbonyl (C=O) groups excluding carboxylic acids is 1. The Bertz CT molecular complexity index is 1370. The van der Waals surface area contributed by atoms with Crippen LogP contribution in [0.2, 0.25) is 0 Å². The molecule has 1 aromatic heterocycles. The van der Waals surface area contributed by atoms with Gasteiger partial charge >= 0.3 is 0 Å². The molecular weight excluding hydrogens is 438 g/mol. The highest BCUT2D eigenvalue weighted by atomic mass is 19.1. The van der Waals surface area contributed by atoms with Gasteiger partial charge in [-0.1, -0.05) is 29.9 Å². The molecule has 0 aliphatic heterocycles. The van der Waals surface area contributed by atoms with Crippen molar-refractivity contribution in [3.8, 4) is 11.6 Å². The number of allylic oxidation sites excluding steroid dienone is 3. The van der Waals surface area contributed by atoms with Crippen LogP contribution in [0.15, 0.2) is 54.4 Å². The van der Waals surface area contributed by atoms with E-state index in [2.05, 4.69) is 20.1 Å². The smallest absolute Gasteiger partial charge is 0.288 e. The minimum absolute atomic E-state index is 0.00281. The molecule has 1 heterocycles. The molecular formula is C26H20F2N4O2. The maximum Gasteiger partial charge on any atom is 0.288 e. The van der Waals surface area contributed by atoms with E-state index in [0.717, 1.165) is 17.2 Å². The van der Waals surface area contributed by atoms with Crippen LogP contribution in [-0.2, 0) is 17.6 Å². The predicted octanol–water partition coefficient (Wildman–Crippen LogP) is 6.49. The quantitative estimate of drug-likeness (QED) is 0.324. The van der Waals surface area contributed by atoms with E-state index >= 15 is 0 Å².